The lowest BCUT2D eigenvalue weighted by atomic mass is 10.1. The summed E-state index contributed by atoms with van der Waals surface area (Å²) in [6.45, 7) is 1.55. The number of hydrogen-bond donors (Lipinski definition) is 1. The van der Waals surface area contributed by atoms with E-state index in [9.17, 15) is 4.39 Å². The van der Waals surface area contributed by atoms with Gasteiger partial charge in [0.25, 0.3) is 0 Å². The van der Waals surface area contributed by atoms with Gasteiger partial charge in [-0.3, -0.25) is 9.29 Å². The molecule has 36 heavy (non-hydrogen) atoms. The lowest BCUT2D eigenvalue weighted by molar-refractivity contribution is 0.391. The van der Waals surface area contributed by atoms with E-state index in [0.717, 1.165) is 31.5 Å². The summed E-state index contributed by atoms with van der Waals surface area (Å²) in [6, 6.07) is 15.5. The standard InChI is InChI=1S/C25H26FN7O2S/c1-34-20-11-6-12-21(35-2)22(20)33-23(17-8-4-3-5-9-17)29-30-25(33)31-36-19-10-7-13-32(16-19)24-27-14-18(26)15-28-24/h3-6,8-9,11-12,14-15,19H,7,10,13,16H2,1-2H3,(H,30,31). The van der Waals surface area contributed by atoms with E-state index in [4.69, 9.17) is 9.47 Å². The van der Waals surface area contributed by atoms with Crippen LogP contribution >= 0.6 is 11.9 Å². The summed E-state index contributed by atoms with van der Waals surface area (Å²) in [4.78, 5) is 10.4. The number of rotatable bonds is 8. The molecule has 1 saturated heterocycles. The van der Waals surface area contributed by atoms with Gasteiger partial charge in [0.1, 0.15) is 17.2 Å². The fraction of sp³-hybridized carbons (Fsp3) is 0.280. The van der Waals surface area contributed by atoms with E-state index in [1.165, 1.54) is 12.4 Å². The minimum atomic E-state index is -0.441. The highest BCUT2D eigenvalue weighted by Gasteiger charge is 2.26. The molecule has 1 aliphatic heterocycles. The Hall–Kier alpha value is -3.86. The molecule has 2 aromatic heterocycles. The predicted molar refractivity (Wildman–Crippen MR) is 138 cm³/mol. The van der Waals surface area contributed by atoms with Crippen molar-refractivity contribution in [2.24, 2.45) is 0 Å². The Morgan fingerprint density at radius 1 is 0.972 bits per heavy atom. The van der Waals surface area contributed by atoms with Gasteiger partial charge >= 0.3 is 0 Å². The quantitative estimate of drug-likeness (QED) is 0.343. The van der Waals surface area contributed by atoms with Crippen LogP contribution in [0.5, 0.6) is 11.5 Å². The average molecular weight is 508 g/mol. The van der Waals surface area contributed by atoms with Crippen LogP contribution in [0.3, 0.4) is 0 Å². The van der Waals surface area contributed by atoms with Crippen LogP contribution < -0.4 is 19.1 Å². The topological polar surface area (TPSA) is 90.2 Å². The normalized spacial score (nSPS) is 15.5. The van der Waals surface area contributed by atoms with E-state index in [0.29, 0.717) is 34.9 Å². The summed E-state index contributed by atoms with van der Waals surface area (Å²) < 4.78 is 30.0. The fourth-order valence-electron chi connectivity index (χ4n) is 4.21. The number of methoxy groups -OCH3 is 2. The van der Waals surface area contributed by atoms with E-state index >= 15 is 0 Å². The second-order valence-electron chi connectivity index (χ2n) is 8.19. The monoisotopic (exact) mass is 507 g/mol. The van der Waals surface area contributed by atoms with Crippen molar-refractivity contribution in [2.75, 3.05) is 36.9 Å². The fourth-order valence-corrected chi connectivity index (χ4v) is 5.15. The molecule has 9 nitrogen and oxygen atoms in total. The van der Waals surface area contributed by atoms with Gasteiger partial charge in [-0.2, -0.15) is 0 Å². The summed E-state index contributed by atoms with van der Waals surface area (Å²) in [7, 11) is 3.25. The molecule has 1 atom stereocenters. The zero-order chi connectivity index (χ0) is 24.9. The van der Waals surface area contributed by atoms with E-state index in [1.54, 1.807) is 26.2 Å². The highest BCUT2D eigenvalue weighted by molar-refractivity contribution is 8.01. The van der Waals surface area contributed by atoms with Crippen molar-refractivity contribution < 1.29 is 13.9 Å². The highest BCUT2D eigenvalue weighted by atomic mass is 32.2. The van der Waals surface area contributed by atoms with Crippen LogP contribution in [-0.2, 0) is 0 Å². The third-order valence-electron chi connectivity index (χ3n) is 5.91. The minimum Gasteiger partial charge on any atom is -0.494 e. The van der Waals surface area contributed by atoms with Crippen LogP contribution in [0.4, 0.5) is 16.3 Å². The Balaban J connectivity index is 1.44. The average Bonchev–Trinajstić information content (AvgIpc) is 3.36. The molecule has 5 rings (SSSR count). The Morgan fingerprint density at radius 2 is 1.69 bits per heavy atom. The molecule has 1 aliphatic rings. The molecule has 1 fully saturated rings. The van der Waals surface area contributed by atoms with Gasteiger partial charge in [-0.05, 0) is 36.9 Å². The molecule has 1 N–H and O–H groups in total. The van der Waals surface area contributed by atoms with Crippen molar-refractivity contribution in [1.82, 2.24) is 24.7 Å². The molecule has 186 valence electrons. The molecule has 0 aliphatic carbocycles. The van der Waals surface area contributed by atoms with E-state index in [1.807, 2.05) is 53.1 Å². The third kappa shape index (κ3) is 4.92. The first-order valence-electron chi connectivity index (χ1n) is 11.5. The van der Waals surface area contributed by atoms with Gasteiger partial charge in [0.15, 0.2) is 11.6 Å². The molecule has 3 heterocycles. The highest BCUT2D eigenvalue weighted by Crippen LogP contribution is 2.38. The van der Waals surface area contributed by atoms with Crippen molar-refractivity contribution in [1.29, 1.82) is 0 Å². The van der Waals surface area contributed by atoms with Crippen LogP contribution in [-0.4, -0.2) is 57.3 Å². The zero-order valence-corrected chi connectivity index (χ0v) is 20.8. The maximum absolute atomic E-state index is 13.3. The number of ether oxygens (including phenoxy) is 2. The Bertz CT molecular complexity index is 1280. The number of benzene rings is 2. The number of piperidine rings is 1. The summed E-state index contributed by atoms with van der Waals surface area (Å²) in [6.07, 6.45) is 4.38. The molecule has 4 aromatic rings. The van der Waals surface area contributed by atoms with Crippen LogP contribution in [0.15, 0.2) is 60.9 Å². The van der Waals surface area contributed by atoms with Crippen molar-refractivity contribution >= 4 is 23.8 Å². The van der Waals surface area contributed by atoms with Crippen LogP contribution in [0, 0.1) is 5.82 Å². The molecule has 0 radical (unpaired) electrons. The molecule has 0 spiro atoms. The lowest BCUT2D eigenvalue weighted by Crippen LogP contribution is -2.38. The van der Waals surface area contributed by atoms with E-state index < -0.39 is 5.82 Å². The Kier molecular flexibility index (Phi) is 7.17. The maximum Gasteiger partial charge on any atom is 0.239 e. The predicted octanol–water partition coefficient (Wildman–Crippen LogP) is 4.61. The second-order valence-corrected chi connectivity index (χ2v) is 9.30. The number of nitrogens with one attached hydrogen (secondary N) is 1. The molecule has 0 saturated carbocycles. The van der Waals surface area contributed by atoms with Gasteiger partial charge in [-0.25, -0.2) is 14.4 Å². The minimum absolute atomic E-state index is 0.234. The van der Waals surface area contributed by atoms with Crippen LogP contribution in [0.2, 0.25) is 0 Å². The van der Waals surface area contributed by atoms with Gasteiger partial charge in [0, 0.05) is 23.9 Å². The SMILES string of the molecule is COc1cccc(OC)c1-n1c(NSC2CCCN(c3ncc(F)cn3)C2)nnc1-c1ccccc1. The van der Waals surface area contributed by atoms with Gasteiger partial charge < -0.3 is 14.4 Å². The second kappa shape index (κ2) is 10.8. The smallest absolute Gasteiger partial charge is 0.239 e. The maximum atomic E-state index is 13.3. The van der Waals surface area contributed by atoms with Crippen molar-refractivity contribution in [3.63, 3.8) is 0 Å². The van der Waals surface area contributed by atoms with Gasteiger partial charge in [0.2, 0.25) is 11.9 Å². The van der Waals surface area contributed by atoms with Crippen molar-refractivity contribution in [2.45, 2.75) is 18.1 Å². The molecule has 1 unspecified atom stereocenters. The molecule has 0 bridgehead atoms. The first-order valence-corrected chi connectivity index (χ1v) is 12.4. The lowest BCUT2D eigenvalue weighted by Gasteiger charge is -2.32. The first kappa shape index (κ1) is 23.9. The summed E-state index contributed by atoms with van der Waals surface area (Å²) in [5.41, 5.74) is 1.62. The van der Waals surface area contributed by atoms with E-state index in [-0.39, 0.29) is 5.25 Å². The largest absolute Gasteiger partial charge is 0.494 e. The Morgan fingerprint density at radius 3 is 2.39 bits per heavy atom. The van der Waals surface area contributed by atoms with Gasteiger partial charge in [0.05, 0.1) is 26.6 Å². The number of nitrogens with zero attached hydrogens (tertiary/aromatic N) is 6. The summed E-state index contributed by atoms with van der Waals surface area (Å²) in [5, 5.41) is 9.22. The van der Waals surface area contributed by atoms with Crippen molar-refractivity contribution in [3.8, 4) is 28.6 Å². The first-order chi connectivity index (χ1) is 17.7. The Labute approximate surface area is 212 Å². The number of anilines is 2. The number of aromatic nitrogens is 5. The number of halogens is 1. The third-order valence-corrected chi connectivity index (χ3v) is 6.92. The van der Waals surface area contributed by atoms with Gasteiger partial charge in [-0.15, -0.1) is 10.2 Å². The zero-order valence-electron chi connectivity index (χ0n) is 20.0. The van der Waals surface area contributed by atoms with E-state index in [2.05, 4.69) is 29.8 Å². The molecule has 2 aromatic carbocycles. The number of hydrogen-bond acceptors (Lipinski definition) is 9. The molecule has 0 amide bonds. The number of para-hydroxylation sites is 1. The molecular weight excluding hydrogens is 481 g/mol. The van der Waals surface area contributed by atoms with Crippen LogP contribution in [0.25, 0.3) is 17.1 Å². The molecular formula is C25H26FN7O2S. The van der Waals surface area contributed by atoms with Crippen molar-refractivity contribution in [3.05, 3.63) is 66.7 Å². The summed E-state index contributed by atoms with van der Waals surface area (Å²) >= 11 is 1.57. The summed E-state index contributed by atoms with van der Waals surface area (Å²) in [5.74, 6) is 2.58. The van der Waals surface area contributed by atoms with Gasteiger partial charge in [-0.1, -0.05) is 36.4 Å². The molecule has 11 heteroatoms. The van der Waals surface area contributed by atoms with Crippen LogP contribution in [0.1, 0.15) is 12.8 Å².